The molecule has 1 saturated heterocycles. The molecule has 1 fully saturated rings. The minimum absolute atomic E-state index is 0.0272. The first-order valence-corrected chi connectivity index (χ1v) is 11.8. The molecule has 0 aliphatic carbocycles. The van der Waals surface area contributed by atoms with E-state index in [-0.39, 0.29) is 49.4 Å². The van der Waals surface area contributed by atoms with E-state index in [1.165, 1.54) is 16.2 Å². The topological polar surface area (TPSA) is 87.7 Å². The Labute approximate surface area is 184 Å². The van der Waals surface area contributed by atoms with Gasteiger partial charge >= 0.3 is 0 Å². The van der Waals surface area contributed by atoms with E-state index in [2.05, 4.69) is 21.6 Å². The molecule has 2 N–H and O–H groups in total. The van der Waals surface area contributed by atoms with Gasteiger partial charge in [-0.2, -0.15) is 0 Å². The summed E-state index contributed by atoms with van der Waals surface area (Å²) in [5, 5.41) is 9.60. The van der Waals surface area contributed by atoms with Crippen molar-refractivity contribution in [2.45, 2.75) is 25.3 Å². The highest BCUT2D eigenvalue weighted by Crippen LogP contribution is 2.25. The van der Waals surface area contributed by atoms with Crippen LogP contribution in [0.4, 0.5) is 0 Å². The van der Waals surface area contributed by atoms with Gasteiger partial charge in [0.25, 0.3) is 0 Å². The van der Waals surface area contributed by atoms with Crippen molar-refractivity contribution in [3.63, 3.8) is 0 Å². The minimum atomic E-state index is -0.211. The van der Waals surface area contributed by atoms with Gasteiger partial charge in [-0.3, -0.25) is 19.3 Å². The van der Waals surface area contributed by atoms with E-state index in [4.69, 9.17) is 4.74 Å². The summed E-state index contributed by atoms with van der Waals surface area (Å²) >= 11 is 3.06. The number of carbonyl (C=O) groups excluding carboxylic acids is 3. The lowest BCUT2D eigenvalue weighted by molar-refractivity contribution is -0.122. The van der Waals surface area contributed by atoms with Gasteiger partial charge < -0.3 is 15.4 Å². The molecule has 0 saturated carbocycles. The van der Waals surface area contributed by atoms with Gasteiger partial charge in [-0.25, -0.2) is 0 Å². The average molecular weight is 450 g/mol. The zero-order valence-electron chi connectivity index (χ0n) is 16.8. The smallest absolute Gasteiger partial charge is 0.221 e. The first-order valence-electron chi connectivity index (χ1n) is 10.1. The van der Waals surface area contributed by atoms with Crippen molar-refractivity contribution in [1.29, 1.82) is 0 Å². The molecule has 1 aliphatic rings. The number of Topliss-reactive ketones (excluding diaryl/α,β-unsaturated/α-hetero) is 1. The van der Waals surface area contributed by atoms with Crippen molar-refractivity contribution in [2.75, 3.05) is 39.4 Å². The van der Waals surface area contributed by atoms with Crippen LogP contribution in [0.1, 0.15) is 39.9 Å². The highest BCUT2D eigenvalue weighted by atomic mass is 32.1. The molecule has 30 heavy (non-hydrogen) atoms. The summed E-state index contributed by atoms with van der Waals surface area (Å²) in [5.41, 5.74) is 0. The Morgan fingerprint density at radius 1 is 0.967 bits per heavy atom. The first kappa shape index (κ1) is 22.6. The average Bonchev–Trinajstić information content (AvgIpc) is 3.47. The number of morpholine rings is 1. The molecule has 2 amide bonds. The van der Waals surface area contributed by atoms with Crippen molar-refractivity contribution in [3.05, 3.63) is 44.8 Å². The Morgan fingerprint density at radius 3 is 2.40 bits per heavy atom. The number of nitrogens with one attached hydrogen (secondary N) is 2. The van der Waals surface area contributed by atoms with Crippen LogP contribution in [0.15, 0.2) is 35.0 Å². The fourth-order valence-electron chi connectivity index (χ4n) is 3.27. The molecule has 3 heterocycles. The first-order chi connectivity index (χ1) is 14.6. The highest BCUT2D eigenvalue weighted by Gasteiger charge is 2.23. The van der Waals surface area contributed by atoms with E-state index in [9.17, 15) is 14.4 Å². The third-order valence-electron chi connectivity index (χ3n) is 4.90. The Morgan fingerprint density at radius 2 is 1.70 bits per heavy atom. The largest absolute Gasteiger partial charge is 0.379 e. The normalized spacial score (nSPS) is 15.5. The fraction of sp³-hybridized carbons (Fsp3) is 0.476. The molecule has 162 valence electrons. The summed E-state index contributed by atoms with van der Waals surface area (Å²) in [6.07, 6.45) is 0.529. The number of amides is 2. The van der Waals surface area contributed by atoms with Crippen LogP contribution >= 0.6 is 22.7 Å². The Hall–Kier alpha value is -2.07. The summed E-state index contributed by atoms with van der Waals surface area (Å²) < 4.78 is 5.44. The molecule has 1 atom stereocenters. The Bertz CT molecular complexity index is 802. The van der Waals surface area contributed by atoms with Crippen LogP contribution in [0.25, 0.3) is 0 Å². The van der Waals surface area contributed by atoms with E-state index in [0.717, 1.165) is 13.1 Å². The van der Waals surface area contributed by atoms with Gasteiger partial charge in [0.15, 0.2) is 5.78 Å². The quantitative estimate of drug-likeness (QED) is 0.515. The monoisotopic (exact) mass is 449 g/mol. The fourth-order valence-corrected chi connectivity index (χ4v) is 4.83. The summed E-state index contributed by atoms with van der Waals surface area (Å²) in [7, 11) is 0. The number of hydrogen-bond acceptors (Lipinski definition) is 7. The molecule has 2 aromatic heterocycles. The predicted octanol–water partition coefficient (Wildman–Crippen LogP) is 2.47. The number of carbonyl (C=O) groups is 3. The third-order valence-corrected chi connectivity index (χ3v) is 6.78. The second kappa shape index (κ2) is 11.9. The molecule has 1 unspecified atom stereocenters. The predicted molar refractivity (Wildman–Crippen MR) is 118 cm³/mol. The Balaban J connectivity index is 1.35. The molecular weight excluding hydrogens is 422 g/mol. The lowest BCUT2D eigenvalue weighted by atomic mass is 10.2. The van der Waals surface area contributed by atoms with Gasteiger partial charge in [0.1, 0.15) is 0 Å². The number of nitrogens with zero attached hydrogens (tertiary/aromatic N) is 1. The van der Waals surface area contributed by atoms with Crippen LogP contribution in [0, 0.1) is 0 Å². The number of ether oxygens (including phenoxy) is 1. The molecule has 1 aliphatic heterocycles. The SMILES string of the molecule is O=C(CCC(=O)c1cccs1)NCCC(=O)NCC(c1cccs1)N1CCOCC1. The van der Waals surface area contributed by atoms with Crippen molar-refractivity contribution < 1.29 is 19.1 Å². The van der Waals surface area contributed by atoms with E-state index < -0.39 is 0 Å². The van der Waals surface area contributed by atoms with Gasteiger partial charge in [-0.15, -0.1) is 22.7 Å². The lowest BCUT2D eigenvalue weighted by Gasteiger charge is -2.34. The van der Waals surface area contributed by atoms with Crippen LogP contribution in [0.3, 0.4) is 0 Å². The molecule has 0 spiro atoms. The summed E-state index contributed by atoms with van der Waals surface area (Å²) in [5.74, 6) is -0.335. The maximum Gasteiger partial charge on any atom is 0.221 e. The van der Waals surface area contributed by atoms with Crippen LogP contribution in [-0.2, 0) is 14.3 Å². The molecule has 9 heteroatoms. The van der Waals surface area contributed by atoms with Gasteiger partial charge in [-0.1, -0.05) is 12.1 Å². The van der Waals surface area contributed by atoms with Gasteiger partial charge in [0, 0.05) is 50.3 Å². The van der Waals surface area contributed by atoms with Crippen LogP contribution in [-0.4, -0.2) is 61.9 Å². The highest BCUT2D eigenvalue weighted by molar-refractivity contribution is 7.12. The molecule has 3 rings (SSSR count). The van der Waals surface area contributed by atoms with E-state index in [1.54, 1.807) is 17.4 Å². The molecule has 0 aromatic carbocycles. The zero-order valence-corrected chi connectivity index (χ0v) is 18.4. The van der Waals surface area contributed by atoms with Crippen LogP contribution in [0.5, 0.6) is 0 Å². The van der Waals surface area contributed by atoms with Gasteiger partial charge in [0.2, 0.25) is 11.8 Å². The maximum atomic E-state index is 12.2. The number of hydrogen-bond donors (Lipinski definition) is 2. The second-order valence-corrected chi connectivity index (χ2v) is 8.91. The van der Waals surface area contributed by atoms with Crippen molar-refractivity contribution in [1.82, 2.24) is 15.5 Å². The van der Waals surface area contributed by atoms with Crippen LogP contribution < -0.4 is 10.6 Å². The third kappa shape index (κ3) is 7.02. The Kier molecular flexibility index (Phi) is 9.00. The van der Waals surface area contributed by atoms with Crippen molar-refractivity contribution >= 4 is 40.3 Å². The van der Waals surface area contributed by atoms with Crippen molar-refractivity contribution in [3.8, 4) is 0 Å². The second-order valence-electron chi connectivity index (χ2n) is 6.98. The standard InChI is InChI=1S/C21H27N3O4S2/c25-17(19-4-2-14-30-19)5-6-20(26)22-8-7-21(27)23-15-16(18-3-1-13-29-18)24-9-11-28-12-10-24/h1-4,13-14,16H,5-12,15H2,(H,22,26)(H,23,27). The molecule has 0 bridgehead atoms. The molecular formula is C21H27N3O4S2. The van der Waals surface area contributed by atoms with Gasteiger partial charge in [-0.05, 0) is 22.9 Å². The van der Waals surface area contributed by atoms with E-state index in [0.29, 0.717) is 24.6 Å². The maximum absolute atomic E-state index is 12.2. The van der Waals surface area contributed by atoms with Crippen molar-refractivity contribution in [2.24, 2.45) is 0 Å². The van der Waals surface area contributed by atoms with Gasteiger partial charge in [0.05, 0.1) is 24.1 Å². The number of thiophene rings is 2. The zero-order chi connectivity index (χ0) is 21.2. The summed E-state index contributed by atoms with van der Waals surface area (Å²) in [6.45, 7) is 3.90. The summed E-state index contributed by atoms with van der Waals surface area (Å²) in [4.78, 5) is 40.3. The summed E-state index contributed by atoms with van der Waals surface area (Å²) in [6, 6.07) is 7.83. The minimum Gasteiger partial charge on any atom is -0.379 e. The molecule has 7 nitrogen and oxygen atoms in total. The molecule has 2 aromatic rings. The van der Waals surface area contributed by atoms with Crippen LogP contribution in [0.2, 0.25) is 0 Å². The number of ketones is 1. The van der Waals surface area contributed by atoms with E-state index in [1.807, 2.05) is 22.9 Å². The number of rotatable bonds is 11. The lowest BCUT2D eigenvalue weighted by Crippen LogP contribution is -2.43. The molecule has 0 radical (unpaired) electrons. The van der Waals surface area contributed by atoms with E-state index >= 15 is 0 Å².